The summed E-state index contributed by atoms with van der Waals surface area (Å²) in [5, 5.41) is 10.3. The molecule has 1 aliphatic rings. The van der Waals surface area contributed by atoms with Crippen molar-refractivity contribution in [2.45, 2.75) is 26.9 Å². The number of hydrogen-bond acceptors (Lipinski definition) is 7. The van der Waals surface area contributed by atoms with Crippen LogP contribution in [0.3, 0.4) is 0 Å². The van der Waals surface area contributed by atoms with Crippen LogP contribution < -0.4 is 15.4 Å². The summed E-state index contributed by atoms with van der Waals surface area (Å²) in [5.41, 5.74) is 2.54. The fraction of sp³-hybridized carbons (Fsp3) is 0.316. The van der Waals surface area contributed by atoms with Gasteiger partial charge < -0.3 is 19.3 Å². The zero-order valence-electron chi connectivity index (χ0n) is 15.6. The fourth-order valence-electron chi connectivity index (χ4n) is 3.01. The van der Waals surface area contributed by atoms with Crippen LogP contribution in [0.2, 0.25) is 0 Å². The van der Waals surface area contributed by atoms with E-state index in [9.17, 15) is 4.79 Å². The second-order valence-electron chi connectivity index (χ2n) is 6.19. The summed E-state index contributed by atoms with van der Waals surface area (Å²) >= 11 is 1.47. The van der Waals surface area contributed by atoms with Crippen LogP contribution in [-0.4, -0.2) is 29.4 Å². The first-order valence-corrected chi connectivity index (χ1v) is 9.79. The van der Waals surface area contributed by atoms with Crippen molar-refractivity contribution in [2.24, 2.45) is 0 Å². The van der Waals surface area contributed by atoms with E-state index in [0.29, 0.717) is 42.2 Å². The highest BCUT2D eigenvalue weighted by Gasteiger charge is 2.26. The topological polar surface area (TPSA) is 98.5 Å². The summed E-state index contributed by atoms with van der Waals surface area (Å²) < 4.78 is 16.3. The number of carbonyl (C=O) groups excluding carboxylic acids is 1. The number of anilines is 2. The number of aryl methyl sites for hydroxylation is 1. The van der Waals surface area contributed by atoms with Crippen molar-refractivity contribution in [2.75, 3.05) is 23.8 Å². The van der Waals surface area contributed by atoms with E-state index in [0.717, 1.165) is 28.2 Å². The van der Waals surface area contributed by atoms with Crippen LogP contribution in [0.5, 0.6) is 5.75 Å². The third-order valence-corrected chi connectivity index (χ3v) is 5.33. The molecule has 0 radical (unpaired) electrons. The molecule has 0 saturated heterocycles. The maximum atomic E-state index is 12.5. The van der Waals surface area contributed by atoms with Gasteiger partial charge in [-0.3, -0.25) is 5.32 Å². The molecule has 2 aromatic heterocycles. The van der Waals surface area contributed by atoms with Gasteiger partial charge in [0.1, 0.15) is 10.8 Å². The van der Waals surface area contributed by atoms with Gasteiger partial charge in [-0.2, -0.15) is 4.98 Å². The molecule has 3 heterocycles. The number of nitrogens with one attached hydrogen (secondary N) is 2. The van der Waals surface area contributed by atoms with Gasteiger partial charge in [0.15, 0.2) is 5.82 Å². The van der Waals surface area contributed by atoms with Crippen molar-refractivity contribution < 1.29 is 18.8 Å². The number of fused-ring (bicyclic) bond motifs is 1. The predicted molar refractivity (Wildman–Crippen MR) is 106 cm³/mol. The lowest BCUT2D eigenvalue weighted by atomic mass is 10.1. The normalized spacial score (nSPS) is 13.1. The number of carbonyl (C=O) groups is 1. The Morgan fingerprint density at radius 3 is 2.82 bits per heavy atom. The molecule has 8 nitrogen and oxygen atoms in total. The summed E-state index contributed by atoms with van der Waals surface area (Å²) in [5.74, 6) is 1.72. The minimum absolute atomic E-state index is 0.346. The lowest BCUT2D eigenvalue weighted by Crippen LogP contribution is -2.19. The molecule has 0 fully saturated rings. The molecule has 3 aromatic rings. The highest BCUT2D eigenvalue weighted by molar-refractivity contribution is 7.17. The van der Waals surface area contributed by atoms with Crippen LogP contribution in [0.25, 0.3) is 11.5 Å². The monoisotopic (exact) mass is 400 g/mol. The summed E-state index contributed by atoms with van der Waals surface area (Å²) in [6, 6.07) is 6.86. The molecule has 2 N–H and O–H groups in total. The first-order chi connectivity index (χ1) is 13.6. The summed E-state index contributed by atoms with van der Waals surface area (Å²) in [7, 11) is 0. The quantitative estimate of drug-likeness (QED) is 0.665. The molecule has 4 rings (SSSR count). The zero-order chi connectivity index (χ0) is 19.5. The van der Waals surface area contributed by atoms with Crippen LogP contribution in [0.1, 0.15) is 23.2 Å². The third kappa shape index (κ3) is 3.85. The van der Waals surface area contributed by atoms with Crippen LogP contribution >= 0.6 is 11.3 Å². The van der Waals surface area contributed by atoms with E-state index in [1.807, 2.05) is 19.1 Å². The molecular formula is C19H20N4O4S. The largest absolute Gasteiger partial charge is 0.494 e. The Hall–Kier alpha value is -2.91. The van der Waals surface area contributed by atoms with Crippen LogP contribution in [0, 0.1) is 6.92 Å². The van der Waals surface area contributed by atoms with Crippen LogP contribution in [0.4, 0.5) is 15.5 Å². The van der Waals surface area contributed by atoms with Gasteiger partial charge in [0, 0.05) is 10.6 Å². The van der Waals surface area contributed by atoms with E-state index in [2.05, 4.69) is 20.8 Å². The smallest absolute Gasteiger partial charge is 0.324 e. The number of rotatable bonds is 5. The van der Waals surface area contributed by atoms with Gasteiger partial charge in [0.05, 0.1) is 25.4 Å². The van der Waals surface area contributed by atoms with Gasteiger partial charge in [-0.15, -0.1) is 11.3 Å². The minimum Gasteiger partial charge on any atom is -0.494 e. The number of hydrogen-bond donors (Lipinski definition) is 2. The van der Waals surface area contributed by atoms with Gasteiger partial charge in [-0.05, 0) is 50.1 Å². The molecule has 1 aromatic carbocycles. The molecule has 0 bridgehead atoms. The maximum absolute atomic E-state index is 12.5. The second kappa shape index (κ2) is 7.99. The molecule has 0 aliphatic carbocycles. The lowest BCUT2D eigenvalue weighted by Gasteiger charge is -2.12. The Morgan fingerprint density at radius 1 is 1.29 bits per heavy atom. The molecular weight excluding hydrogens is 380 g/mol. The standard InChI is InChI=1S/C19H20N4O4S/c1-3-26-13-6-4-12(5-7-13)21-19(24)22-18-16(17-20-11(2)23-27-17)14-8-9-25-10-15(14)28-18/h4-7H,3,8-10H2,1-2H3,(H2,21,22,24). The minimum atomic E-state index is -0.346. The van der Waals surface area contributed by atoms with Crippen molar-refractivity contribution in [3.8, 4) is 17.2 Å². The van der Waals surface area contributed by atoms with Crippen molar-refractivity contribution in [3.05, 3.63) is 40.5 Å². The Labute approximate surface area is 165 Å². The average Bonchev–Trinajstić information content (AvgIpc) is 3.26. The van der Waals surface area contributed by atoms with E-state index in [1.165, 1.54) is 11.3 Å². The highest BCUT2D eigenvalue weighted by atomic mass is 32.1. The molecule has 28 heavy (non-hydrogen) atoms. The van der Waals surface area contributed by atoms with E-state index >= 15 is 0 Å². The van der Waals surface area contributed by atoms with Crippen molar-refractivity contribution >= 4 is 28.1 Å². The highest BCUT2D eigenvalue weighted by Crippen LogP contribution is 2.42. The SMILES string of the molecule is CCOc1ccc(NC(=O)Nc2sc3c(c2-c2nc(C)no2)CCOC3)cc1. The van der Waals surface area contributed by atoms with Crippen LogP contribution in [0.15, 0.2) is 28.8 Å². The number of benzene rings is 1. The van der Waals surface area contributed by atoms with Crippen molar-refractivity contribution in [1.29, 1.82) is 0 Å². The number of nitrogens with zero attached hydrogens (tertiary/aromatic N) is 2. The zero-order valence-corrected chi connectivity index (χ0v) is 16.4. The van der Waals surface area contributed by atoms with Gasteiger partial charge in [0.25, 0.3) is 5.89 Å². The molecule has 0 spiro atoms. The molecule has 2 amide bonds. The van der Waals surface area contributed by atoms with Crippen molar-refractivity contribution in [3.63, 3.8) is 0 Å². The van der Waals surface area contributed by atoms with E-state index in [-0.39, 0.29) is 6.03 Å². The van der Waals surface area contributed by atoms with Gasteiger partial charge in [0.2, 0.25) is 0 Å². The Bertz CT molecular complexity index is 980. The lowest BCUT2D eigenvalue weighted by molar-refractivity contribution is 0.113. The Kier molecular flexibility index (Phi) is 5.27. The molecule has 146 valence electrons. The number of thiophene rings is 1. The summed E-state index contributed by atoms with van der Waals surface area (Å²) in [6.45, 7) is 5.43. The summed E-state index contributed by atoms with van der Waals surface area (Å²) in [6.07, 6.45) is 0.741. The number of urea groups is 1. The predicted octanol–water partition coefficient (Wildman–Crippen LogP) is 4.22. The van der Waals surface area contributed by atoms with E-state index in [4.69, 9.17) is 14.0 Å². The fourth-order valence-corrected chi connectivity index (χ4v) is 4.18. The van der Waals surface area contributed by atoms with Gasteiger partial charge >= 0.3 is 6.03 Å². The number of amides is 2. The Balaban J connectivity index is 1.55. The third-order valence-electron chi connectivity index (χ3n) is 4.21. The molecule has 0 unspecified atom stereocenters. The molecule has 0 saturated carbocycles. The molecule has 0 atom stereocenters. The maximum Gasteiger partial charge on any atom is 0.324 e. The van der Waals surface area contributed by atoms with Gasteiger partial charge in [-0.1, -0.05) is 5.16 Å². The molecule has 1 aliphatic heterocycles. The summed E-state index contributed by atoms with van der Waals surface area (Å²) in [4.78, 5) is 18.0. The number of ether oxygens (including phenoxy) is 2. The first kappa shape index (κ1) is 18.5. The average molecular weight is 400 g/mol. The Morgan fingerprint density at radius 2 is 2.11 bits per heavy atom. The van der Waals surface area contributed by atoms with Crippen LogP contribution in [-0.2, 0) is 17.8 Å². The number of aromatic nitrogens is 2. The molecule has 9 heteroatoms. The van der Waals surface area contributed by atoms with E-state index in [1.54, 1.807) is 19.1 Å². The first-order valence-electron chi connectivity index (χ1n) is 8.98. The van der Waals surface area contributed by atoms with E-state index < -0.39 is 0 Å². The van der Waals surface area contributed by atoms with Crippen molar-refractivity contribution in [1.82, 2.24) is 10.1 Å². The second-order valence-corrected chi connectivity index (χ2v) is 7.30. The van der Waals surface area contributed by atoms with Gasteiger partial charge in [-0.25, -0.2) is 4.79 Å².